The number of aryl methyl sites for hydroxylation is 2. The number of halogens is 1. The van der Waals surface area contributed by atoms with E-state index in [1.54, 1.807) is 11.8 Å². The number of benzene rings is 3. The number of pyridine rings is 1. The van der Waals surface area contributed by atoms with E-state index in [0.29, 0.717) is 27.7 Å². The number of amides is 1. The Morgan fingerprint density at radius 1 is 0.950 bits per heavy atom. The predicted octanol–water partition coefficient (Wildman–Crippen LogP) is 8.15. The molecule has 7 nitrogen and oxygen atoms in total. The molecule has 0 atom stereocenters. The Morgan fingerprint density at radius 2 is 1.68 bits per heavy atom. The van der Waals surface area contributed by atoms with Crippen LogP contribution in [0.5, 0.6) is 0 Å². The molecule has 0 fully saturated rings. The molecule has 1 amide bonds. The number of hydrogen-bond donors (Lipinski definition) is 3. The molecule has 0 spiro atoms. The van der Waals surface area contributed by atoms with Gasteiger partial charge >= 0.3 is 0 Å². The zero-order valence-electron chi connectivity index (χ0n) is 22.6. The van der Waals surface area contributed by atoms with Crippen molar-refractivity contribution < 1.29 is 4.79 Å². The van der Waals surface area contributed by atoms with Crippen molar-refractivity contribution in [1.29, 1.82) is 0 Å². The topological polar surface area (TPSA) is 106 Å². The van der Waals surface area contributed by atoms with E-state index in [1.165, 1.54) is 6.33 Å². The first-order valence-corrected chi connectivity index (χ1v) is 14.0. The van der Waals surface area contributed by atoms with Gasteiger partial charge in [0.15, 0.2) is 5.65 Å². The maximum Gasteiger partial charge on any atom is 0.255 e. The van der Waals surface area contributed by atoms with Gasteiger partial charge < -0.3 is 16.4 Å². The lowest BCUT2D eigenvalue weighted by atomic mass is 10.1. The summed E-state index contributed by atoms with van der Waals surface area (Å²) in [6.07, 6.45) is 1.50. The van der Waals surface area contributed by atoms with Crippen LogP contribution in [0.4, 0.5) is 22.9 Å². The monoisotopic (exact) mass is 568 g/mol. The Kier molecular flexibility index (Phi) is 7.91. The van der Waals surface area contributed by atoms with Crippen molar-refractivity contribution in [2.45, 2.75) is 43.4 Å². The smallest absolute Gasteiger partial charge is 0.255 e. The Balaban J connectivity index is 1.53. The fourth-order valence-corrected chi connectivity index (χ4v) is 5.53. The second kappa shape index (κ2) is 11.5. The molecule has 0 aliphatic carbocycles. The summed E-state index contributed by atoms with van der Waals surface area (Å²) < 4.78 is 0. The van der Waals surface area contributed by atoms with Gasteiger partial charge in [0, 0.05) is 37.4 Å². The van der Waals surface area contributed by atoms with Gasteiger partial charge in [-0.3, -0.25) is 4.79 Å². The van der Waals surface area contributed by atoms with Gasteiger partial charge in [-0.25, -0.2) is 15.0 Å². The molecule has 5 rings (SSSR count). The number of nitrogens with zero attached hydrogens (tertiary/aromatic N) is 3. The molecule has 2 aromatic heterocycles. The Hall–Kier alpha value is -4.14. The van der Waals surface area contributed by atoms with Crippen molar-refractivity contribution in [2.75, 3.05) is 16.4 Å². The largest absolute Gasteiger partial charge is 0.399 e. The van der Waals surface area contributed by atoms with E-state index < -0.39 is 0 Å². The van der Waals surface area contributed by atoms with Gasteiger partial charge in [-0.05, 0) is 97.6 Å². The quantitative estimate of drug-likeness (QED) is 0.170. The Labute approximate surface area is 242 Å². The third-order valence-electron chi connectivity index (χ3n) is 6.45. The number of carbonyl (C=O) groups is 1. The highest BCUT2D eigenvalue weighted by atomic mass is 35.5. The SMILES string of the molecule is Cc1cc(Cl)cc(C)c1NC(=O)c1ccc(Sc2ccc(N)cc2)c(Nc2ncnc3nc(C(C)C)ccc23)c1. The maximum absolute atomic E-state index is 13.4. The molecule has 0 radical (unpaired) electrons. The van der Waals surface area contributed by atoms with E-state index in [1.807, 2.05) is 80.6 Å². The van der Waals surface area contributed by atoms with Gasteiger partial charge in [-0.15, -0.1) is 0 Å². The Morgan fingerprint density at radius 3 is 2.38 bits per heavy atom. The van der Waals surface area contributed by atoms with Crippen molar-refractivity contribution in [3.63, 3.8) is 0 Å². The van der Waals surface area contributed by atoms with E-state index >= 15 is 0 Å². The average molecular weight is 569 g/mol. The van der Waals surface area contributed by atoms with Gasteiger partial charge in [-0.2, -0.15) is 0 Å². The normalized spacial score (nSPS) is 11.2. The fourth-order valence-electron chi connectivity index (χ4n) is 4.32. The van der Waals surface area contributed by atoms with Gasteiger partial charge in [0.1, 0.15) is 12.1 Å². The highest BCUT2D eigenvalue weighted by molar-refractivity contribution is 7.99. The summed E-state index contributed by atoms with van der Waals surface area (Å²) >= 11 is 7.75. The number of nitrogens with two attached hydrogens (primary N) is 1. The van der Waals surface area contributed by atoms with Crippen LogP contribution in [0.25, 0.3) is 11.0 Å². The fraction of sp³-hybridized carbons (Fsp3) is 0.161. The van der Waals surface area contributed by atoms with Gasteiger partial charge in [0.25, 0.3) is 5.91 Å². The molecule has 0 saturated heterocycles. The van der Waals surface area contributed by atoms with Crippen LogP contribution >= 0.6 is 23.4 Å². The molecule has 9 heteroatoms. The minimum Gasteiger partial charge on any atom is -0.399 e. The first-order valence-electron chi connectivity index (χ1n) is 12.8. The molecule has 0 aliphatic heterocycles. The zero-order valence-corrected chi connectivity index (χ0v) is 24.2. The third kappa shape index (κ3) is 6.03. The predicted molar refractivity (Wildman–Crippen MR) is 165 cm³/mol. The van der Waals surface area contributed by atoms with Gasteiger partial charge in [0.05, 0.1) is 11.1 Å². The summed E-state index contributed by atoms with van der Waals surface area (Å²) in [4.78, 5) is 28.9. The zero-order chi connectivity index (χ0) is 28.4. The molecule has 3 aromatic carbocycles. The van der Waals surface area contributed by atoms with Crippen molar-refractivity contribution in [3.05, 3.63) is 100 Å². The first kappa shape index (κ1) is 27.4. The van der Waals surface area contributed by atoms with Crippen LogP contribution in [-0.2, 0) is 0 Å². The highest BCUT2D eigenvalue weighted by Gasteiger charge is 2.16. The van der Waals surface area contributed by atoms with Crippen LogP contribution in [0.3, 0.4) is 0 Å². The standard InChI is InChI=1S/C31H29ClN6OS/c1-17(2)25-11-10-24-29(36-25)34-16-35-30(24)37-26-15-20(5-12-27(26)40-23-8-6-22(33)7-9-23)31(39)38-28-18(3)13-21(32)14-19(28)4/h5-17H,33H2,1-4H3,(H,38,39)(H,34,35,36,37). The minimum absolute atomic E-state index is 0.226. The van der Waals surface area contributed by atoms with E-state index in [4.69, 9.17) is 22.3 Å². The second-order valence-electron chi connectivity index (χ2n) is 9.86. The summed E-state index contributed by atoms with van der Waals surface area (Å²) in [6, 6.07) is 20.9. The molecular formula is C31H29ClN6OS. The number of rotatable bonds is 7. The molecule has 2 heterocycles. The van der Waals surface area contributed by atoms with E-state index in [-0.39, 0.29) is 11.8 Å². The van der Waals surface area contributed by atoms with Crippen molar-refractivity contribution >= 4 is 63.2 Å². The first-order chi connectivity index (χ1) is 19.2. The molecule has 5 aromatic rings. The lowest BCUT2D eigenvalue weighted by Crippen LogP contribution is -2.14. The van der Waals surface area contributed by atoms with Crippen LogP contribution in [0, 0.1) is 13.8 Å². The molecule has 202 valence electrons. The lowest BCUT2D eigenvalue weighted by Gasteiger charge is -2.16. The minimum atomic E-state index is -0.226. The average Bonchev–Trinajstić information content (AvgIpc) is 2.92. The molecule has 0 saturated carbocycles. The molecule has 0 aliphatic rings. The molecule has 4 N–H and O–H groups in total. The van der Waals surface area contributed by atoms with Crippen molar-refractivity contribution in [1.82, 2.24) is 15.0 Å². The van der Waals surface area contributed by atoms with Crippen LogP contribution in [0.2, 0.25) is 5.02 Å². The van der Waals surface area contributed by atoms with Crippen LogP contribution in [0.1, 0.15) is 46.9 Å². The summed E-state index contributed by atoms with van der Waals surface area (Å²) in [5.74, 6) is 0.659. The third-order valence-corrected chi connectivity index (χ3v) is 7.75. The molecule has 0 unspecified atom stereocenters. The summed E-state index contributed by atoms with van der Waals surface area (Å²) in [6.45, 7) is 8.04. The van der Waals surface area contributed by atoms with Gasteiger partial charge in [-0.1, -0.05) is 37.2 Å². The summed E-state index contributed by atoms with van der Waals surface area (Å²) in [5.41, 5.74) is 11.9. The van der Waals surface area contributed by atoms with Gasteiger partial charge in [0.2, 0.25) is 0 Å². The van der Waals surface area contributed by atoms with Crippen LogP contribution < -0.4 is 16.4 Å². The molecule has 40 heavy (non-hydrogen) atoms. The highest BCUT2D eigenvalue weighted by Crippen LogP contribution is 2.37. The van der Waals surface area contributed by atoms with Crippen LogP contribution in [-0.4, -0.2) is 20.9 Å². The maximum atomic E-state index is 13.4. The number of nitrogens with one attached hydrogen (secondary N) is 2. The number of hydrogen-bond acceptors (Lipinski definition) is 7. The lowest BCUT2D eigenvalue weighted by molar-refractivity contribution is 0.102. The number of anilines is 4. The number of aromatic nitrogens is 3. The van der Waals surface area contributed by atoms with E-state index in [2.05, 4.69) is 34.4 Å². The summed E-state index contributed by atoms with van der Waals surface area (Å²) in [7, 11) is 0. The van der Waals surface area contributed by atoms with Crippen LogP contribution in [0.15, 0.2) is 82.8 Å². The van der Waals surface area contributed by atoms with E-state index in [9.17, 15) is 4.79 Å². The van der Waals surface area contributed by atoms with E-state index in [0.717, 1.165) is 43.4 Å². The summed E-state index contributed by atoms with van der Waals surface area (Å²) in [5, 5.41) is 7.93. The van der Waals surface area contributed by atoms with Crippen molar-refractivity contribution in [2.24, 2.45) is 0 Å². The number of fused-ring (bicyclic) bond motifs is 1. The number of nitrogen functional groups attached to an aromatic ring is 1. The second-order valence-corrected chi connectivity index (χ2v) is 11.4. The molecule has 0 bridgehead atoms. The Bertz CT molecular complexity index is 1700. The molecular weight excluding hydrogens is 540 g/mol. The number of carbonyl (C=O) groups excluding carboxylic acids is 1. The van der Waals surface area contributed by atoms with Crippen molar-refractivity contribution in [3.8, 4) is 0 Å².